The second-order valence-corrected chi connectivity index (χ2v) is 6.16. The van der Waals surface area contributed by atoms with E-state index in [0.29, 0.717) is 30.3 Å². The Hall–Kier alpha value is -1.43. The molecule has 6 heteroatoms. The van der Waals surface area contributed by atoms with Crippen LogP contribution in [-0.2, 0) is 6.54 Å². The van der Waals surface area contributed by atoms with Crippen LogP contribution in [0.15, 0.2) is 18.2 Å². The van der Waals surface area contributed by atoms with Crippen LogP contribution >= 0.6 is 0 Å². The number of alkyl halides is 3. The van der Waals surface area contributed by atoms with Gasteiger partial charge >= 0.3 is 6.18 Å². The first-order valence-electron chi connectivity index (χ1n) is 6.87. The Bertz CT molecular complexity index is 481. The highest BCUT2D eigenvalue weighted by molar-refractivity contribution is 5.47. The van der Waals surface area contributed by atoms with Gasteiger partial charge in [0, 0.05) is 12.1 Å². The van der Waals surface area contributed by atoms with Crippen LogP contribution in [0.4, 0.5) is 13.2 Å². The van der Waals surface area contributed by atoms with Crippen molar-refractivity contribution in [3.63, 3.8) is 0 Å². The summed E-state index contributed by atoms with van der Waals surface area (Å²) in [6, 6.07) is 3.66. The predicted molar refractivity (Wildman–Crippen MR) is 73.6 cm³/mol. The molecule has 0 radical (unpaired) electrons. The predicted octanol–water partition coefficient (Wildman–Crippen LogP) is 3.52. The lowest BCUT2D eigenvalue weighted by Crippen LogP contribution is -2.50. The van der Waals surface area contributed by atoms with Crippen molar-refractivity contribution in [2.75, 3.05) is 13.2 Å². The van der Waals surface area contributed by atoms with E-state index in [1.807, 2.05) is 0 Å². The third-order valence-electron chi connectivity index (χ3n) is 3.34. The molecule has 0 spiro atoms. The number of ether oxygens (including phenoxy) is 2. The highest BCUT2D eigenvalue weighted by Gasteiger charge is 2.46. The van der Waals surface area contributed by atoms with Crippen molar-refractivity contribution in [3.05, 3.63) is 23.8 Å². The Labute approximate surface area is 122 Å². The standard InChI is InChI=1S/C15H20F3NO2/c1-14(2,3)13(15(16,17)18)19-9-10-5-4-6-11-12(10)21-8-7-20-11/h4-6,13,19H,7-9H2,1-3H3/t13-/m0/s1. The number of fused-ring (bicyclic) bond motifs is 1. The average molecular weight is 303 g/mol. The van der Waals surface area contributed by atoms with Crippen LogP contribution in [0.2, 0.25) is 0 Å². The summed E-state index contributed by atoms with van der Waals surface area (Å²) in [6.07, 6.45) is -4.30. The summed E-state index contributed by atoms with van der Waals surface area (Å²) in [6.45, 7) is 5.64. The highest BCUT2D eigenvalue weighted by Crippen LogP contribution is 2.36. The normalized spacial score (nSPS) is 16.7. The summed E-state index contributed by atoms with van der Waals surface area (Å²) < 4.78 is 50.4. The van der Waals surface area contributed by atoms with Gasteiger partial charge in [-0.2, -0.15) is 13.2 Å². The Morgan fingerprint density at radius 1 is 1.14 bits per heavy atom. The number of halogens is 3. The molecule has 1 N–H and O–H groups in total. The molecule has 1 aliphatic rings. The first-order valence-corrected chi connectivity index (χ1v) is 6.87. The Morgan fingerprint density at radius 3 is 2.43 bits per heavy atom. The largest absolute Gasteiger partial charge is 0.486 e. The van der Waals surface area contributed by atoms with E-state index in [2.05, 4.69) is 5.32 Å². The van der Waals surface area contributed by atoms with Gasteiger partial charge in [0.1, 0.15) is 19.3 Å². The minimum atomic E-state index is -4.30. The van der Waals surface area contributed by atoms with Crippen LogP contribution in [-0.4, -0.2) is 25.4 Å². The third-order valence-corrected chi connectivity index (χ3v) is 3.34. The lowest BCUT2D eigenvalue weighted by molar-refractivity contribution is -0.178. The number of para-hydroxylation sites is 1. The molecule has 118 valence electrons. The van der Waals surface area contributed by atoms with Crippen molar-refractivity contribution < 1.29 is 22.6 Å². The molecule has 0 amide bonds. The Kier molecular flexibility index (Phi) is 4.37. The Morgan fingerprint density at radius 2 is 1.81 bits per heavy atom. The van der Waals surface area contributed by atoms with Crippen molar-refractivity contribution >= 4 is 0 Å². The van der Waals surface area contributed by atoms with Crippen molar-refractivity contribution in [2.24, 2.45) is 5.41 Å². The SMILES string of the molecule is CC(C)(C)[C@H](NCc1cccc2c1OCCO2)C(F)(F)F. The van der Waals surface area contributed by atoms with E-state index >= 15 is 0 Å². The van der Waals surface area contributed by atoms with Gasteiger partial charge in [-0.3, -0.25) is 0 Å². The van der Waals surface area contributed by atoms with Crippen LogP contribution < -0.4 is 14.8 Å². The molecule has 3 nitrogen and oxygen atoms in total. The zero-order valence-corrected chi connectivity index (χ0v) is 12.4. The highest BCUT2D eigenvalue weighted by atomic mass is 19.4. The third kappa shape index (κ3) is 3.81. The summed E-state index contributed by atoms with van der Waals surface area (Å²) in [5.74, 6) is 1.12. The summed E-state index contributed by atoms with van der Waals surface area (Å²) in [5, 5.41) is 2.61. The minimum Gasteiger partial charge on any atom is -0.486 e. The van der Waals surface area contributed by atoms with Crippen LogP contribution in [0.1, 0.15) is 26.3 Å². The molecule has 1 aromatic rings. The minimum absolute atomic E-state index is 0.0774. The first kappa shape index (κ1) is 15.9. The summed E-state index contributed by atoms with van der Waals surface area (Å²) in [7, 11) is 0. The fourth-order valence-electron chi connectivity index (χ4n) is 2.40. The molecule has 21 heavy (non-hydrogen) atoms. The van der Waals surface area contributed by atoms with E-state index in [1.54, 1.807) is 39.0 Å². The molecule has 0 saturated carbocycles. The van der Waals surface area contributed by atoms with Gasteiger partial charge in [0.05, 0.1) is 0 Å². The quantitative estimate of drug-likeness (QED) is 0.926. The molecule has 0 unspecified atom stereocenters. The molecular formula is C15H20F3NO2. The van der Waals surface area contributed by atoms with E-state index in [4.69, 9.17) is 9.47 Å². The van der Waals surface area contributed by atoms with E-state index in [-0.39, 0.29) is 6.54 Å². The smallest absolute Gasteiger partial charge is 0.404 e. The molecule has 1 atom stereocenters. The van der Waals surface area contributed by atoms with E-state index in [1.165, 1.54) is 0 Å². The lowest BCUT2D eigenvalue weighted by atomic mass is 9.86. The monoisotopic (exact) mass is 303 g/mol. The van der Waals surface area contributed by atoms with Crippen molar-refractivity contribution in [3.8, 4) is 11.5 Å². The molecule has 0 aliphatic carbocycles. The molecule has 0 fully saturated rings. The van der Waals surface area contributed by atoms with Crippen molar-refractivity contribution in [1.82, 2.24) is 5.32 Å². The van der Waals surface area contributed by atoms with Gasteiger partial charge in [0.2, 0.25) is 0 Å². The lowest BCUT2D eigenvalue weighted by Gasteiger charge is -2.33. The molecule has 1 aromatic carbocycles. The topological polar surface area (TPSA) is 30.5 Å². The van der Waals surface area contributed by atoms with Gasteiger partial charge in [0.25, 0.3) is 0 Å². The maximum atomic E-state index is 13.1. The molecule has 0 saturated heterocycles. The second-order valence-electron chi connectivity index (χ2n) is 6.16. The molecule has 2 rings (SSSR count). The van der Waals surface area contributed by atoms with E-state index in [0.717, 1.165) is 0 Å². The zero-order valence-electron chi connectivity index (χ0n) is 12.4. The summed E-state index contributed by atoms with van der Waals surface area (Å²) in [5.41, 5.74) is -0.254. The maximum absolute atomic E-state index is 13.1. The van der Waals surface area contributed by atoms with Gasteiger partial charge in [-0.05, 0) is 11.5 Å². The van der Waals surface area contributed by atoms with Gasteiger partial charge in [0.15, 0.2) is 11.5 Å². The molecule has 1 heterocycles. The van der Waals surface area contributed by atoms with Crippen molar-refractivity contribution in [2.45, 2.75) is 39.5 Å². The van der Waals surface area contributed by atoms with Gasteiger partial charge in [-0.25, -0.2) is 0 Å². The Balaban J connectivity index is 2.15. The summed E-state index contributed by atoms with van der Waals surface area (Å²) in [4.78, 5) is 0. The van der Waals surface area contributed by atoms with Crippen LogP contribution in [0, 0.1) is 5.41 Å². The van der Waals surface area contributed by atoms with Gasteiger partial charge < -0.3 is 14.8 Å². The van der Waals surface area contributed by atoms with Gasteiger partial charge in [-0.15, -0.1) is 0 Å². The number of hydrogen-bond donors (Lipinski definition) is 1. The van der Waals surface area contributed by atoms with Crippen LogP contribution in [0.5, 0.6) is 11.5 Å². The molecular weight excluding hydrogens is 283 g/mol. The van der Waals surface area contributed by atoms with Crippen LogP contribution in [0.25, 0.3) is 0 Å². The number of hydrogen-bond acceptors (Lipinski definition) is 3. The zero-order chi connectivity index (χ0) is 15.7. The maximum Gasteiger partial charge on any atom is 0.404 e. The molecule has 0 bridgehead atoms. The summed E-state index contributed by atoms with van der Waals surface area (Å²) >= 11 is 0. The molecule has 0 aromatic heterocycles. The van der Waals surface area contributed by atoms with Gasteiger partial charge in [-0.1, -0.05) is 32.9 Å². The number of nitrogens with one attached hydrogen (secondary N) is 1. The first-order chi connectivity index (χ1) is 9.69. The van der Waals surface area contributed by atoms with E-state index in [9.17, 15) is 13.2 Å². The number of benzene rings is 1. The fraction of sp³-hybridized carbons (Fsp3) is 0.600. The second kappa shape index (κ2) is 5.75. The fourth-order valence-corrected chi connectivity index (χ4v) is 2.40. The van der Waals surface area contributed by atoms with E-state index < -0.39 is 17.6 Å². The van der Waals surface area contributed by atoms with Crippen molar-refractivity contribution in [1.29, 1.82) is 0 Å². The van der Waals surface area contributed by atoms with Crippen LogP contribution in [0.3, 0.4) is 0 Å². The average Bonchev–Trinajstić information content (AvgIpc) is 2.36. The molecule has 1 aliphatic heterocycles. The number of rotatable bonds is 3.